The molecule has 3 aromatic heterocycles. The maximum absolute atomic E-state index is 5.76. The van der Waals surface area contributed by atoms with E-state index in [4.69, 9.17) is 11.6 Å². The van der Waals surface area contributed by atoms with E-state index in [0.29, 0.717) is 5.82 Å². The van der Waals surface area contributed by atoms with Gasteiger partial charge in [-0.15, -0.1) is 0 Å². The Labute approximate surface area is 96.6 Å². The molecule has 0 amide bonds. The first-order valence-electron chi connectivity index (χ1n) is 4.75. The highest BCUT2D eigenvalue weighted by Crippen LogP contribution is 2.16. The van der Waals surface area contributed by atoms with Gasteiger partial charge in [-0.2, -0.15) is 4.98 Å². The quantitative estimate of drug-likeness (QED) is 0.603. The van der Waals surface area contributed by atoms with Crippen molar-refractivity contribution in [3.63, 3.8) is 0 Å². The fraction of sp³-hybridized carbons (Fsp3) is 0. The number of aromatic nitrogens is 4. The molecular formula is C11H7ClN4. The molecule has 0 aromatic carbocycles. The third-order valence-corrected chi connectivity index (χ3v) is 2.49. The number of hydrogen-bond donors (Lipinski definition) is 0. The molecule has 3 aromatic rings. The Morgan fingerprint density at radius 3 is 2.88 bits per heavy atom. The van der Waals surface area contributed by atoms with Crippen molar-refractivity contribution in [1.29, 1.82) is 0 Å². The summed E-state index contributed by atoms with van der Waals surface area (Å²) in [6.45, 7) is 0. The SMILES string of the molecule is Clc1nccc(-n2ccc3cccnc32)n1. The molecule has 0 saturated heterocycles. The van der Waals surface area contributed by atoms with Gasteiger partial charge in [-0.25, -0.2) is 9.97 Å². The van der Waals surface area contributed by atoms with Gasteiger partial charge in [-0.3, -0.25) is 4.57 Å². The fourth-order valence-electron chi connectivity index (χ4n) is 1.61. The second-order valence-corrected chi connectivity index (χ2v) is 3.62. The van der Waals surface area contributed by atoms with E-state index in [1.807, 2.05) is 29.0 Å². The van der Waals surface area contributed by atoms with Crippen LogP contribution in [0.3, 0.4) is 0 Å². The summed E-state index contributed by atoms with van der Waals surface area (Å²) in [7, 11) is 0. The molecule has 0 saturated carbocycles. The lowest BCUT2D eigenvalue weighted by Crippen LogP contribution is -1.97. The summed E-state index contributed by atoms with van der Waals surface area (Å²) in [4.78, 5) is 12.3. The molecule has 5 heteroatoms. The van der Waals surface area contributed by atoms with Crippen LogP contribution in [0.2, 0.25) is 5.28 Å². The van der Waals surface area contributed by atoms with Gasteiger partial charge < -0.3 is 0 Å². The Bertz CT molecular complexity index is 647. The van der Waals surface area contributed by atoms with Crippen molar-refractivity contribution in [2.45, 2.75) is 0 Å². The molecule has 0 spiro atoms. The smallest absolute Gasteiger partial charge is 0.224 e. The zero-order chi connectivity index (χ0) is 11.0. The first-order chi connectivity index (χ1) is 7.84. The molecule has 0 aliphatic heterocycles. The van der Waals surface area contributed by atoms with Crippen LogP contribution < -0.4 is 0 Å². The molecule has 0 atom stereocenters. The van der Waals surface area contributed by atoms with Crippen LogP contribution in [0.25, 0.3) is 16.9 Å². The molecule has 0 bridgehead atoms. The first-order valence-corrected chi connectivity index (χ1v) is 5.13. The Morgan fingerprint density at radius 2 is 2.00 bits per heavy atom. The van der Waals surface area contributed by atoms with Gasteiger partial charge in [0.05, 0.1) is 0 Å². The summed E-state index contributed by atoms with van der Waals surface area (Å²) in [6.07, 6.45) is 5.29. The van der Waals surface area contributed by atoms with Crippen molar-refractivity contribution in [3.05, 3.63) is 48.1 Å². The van der Waals surface area contributed by atoms with Crippen molar-refractivity contribution in [2.75, 3.05) is 0 Å². The normalized spacial score (nSPS) is 10.8. The lowest BCUT2D eigenvalue weighted by atomic mass is 10.3. The van der Waals surface area contributed by atoms with Gasteiger partial charge in [-0.1, -0.05) is 0 Å². The zero-order valence-electron chi connectivity index (χ0n) is 8.21. The number of hydrogen-bond acceptors (Lipinski definition) is 3. The Hall–Kier alpha value is -1.94. The van der Waals surface area contributed by atoms with E-state index >= 15 is 0 Å². The molecule has 0 unspecified atom stereocenters. The van der Waals surface area contributed by atoms with Crippen LogP contribution in [0.15, 0.2) is 42.9 Å². The van der Waals surface area contributed by atoms with Crippen LogP contribution in [0.1, 0.15) is 0 Å². The van der Waals surface area contributed by atoms with Crippen LogP contribution in [0.5, 0.6) is 0 Å². The van der Waals surface area contributed by atoms with Gasteiger partial charge in [-0.05, 0) is 35.9 Å². The first kappa shape index (κ1) is 9.30. The van der Waals surface area contributed by atoms with Crippen LogP contribution in [0.4, 0.5) is 0 Å². The molecule has 0 aliphatic carbocycles. The number of fused-ring (bicyclic) bond motifs is 1. The van der Waals surface area contributed by atoms with Crippen molar-refractivity contribution >= 4 is 22.6 Å². The molecule has 0 N–H and O–H groups in total. The van der Waals surface area contributed by atoms with Crippen LogP contribution in [0, 0.1) is 0 Å². The Morgan fingerprint density at radius 1 is 1.06 bits per heavy atom. The average molecular weight is 231 g/mol. The van der Waals surface area contributed by atoms with Crippen molar-refractivity contribution in [2.24, 2.45) is 0 Å². The van der Waals surface area contributed by atoms with E-state index in [1.54, 1.807) is 18.5 Å². The molecule has 4 nitrogen and oxygen atoms in total. The largest absolute Gasteiger partial charge is 0.285 e. The van der Waals surface area contributed by atoms with Crippen molar-refractivity contribution in [3.8, 4) is 5.82 Å². The second-order valence-electron chi connectivity index (χ2n) is 3.29. The third-order valence-electron chi connectivity index (χ3n) is 2.31. The van der Waals surface area contributed by atoms with Gasteiger partial charge in [0.25, 0.3) is 0 Å². The predicted octanol–water partition coefficient (Wildman–Crippen LogP) is 2.47. The highest BCUT2D eigenvalue weighted by Gasteiger charge is 2.05. The lowest BCUT2D eigenvalue weighted by Gasteiger charge is -2.02. The van der Waals surface area contributed by atoms with Crippen LogP contribution >= 0.6 is 11.6 Å². The molecule has 0 aliphatic rings. The van der Waals surface area contributed by atoms with E-state index in [1.165, 1.54) is 0 Å². The number of pyridine rings is 1. The number of halogens is 1. The molecule has 3 rings (SSSR count). The second kappa shape index (κ2) is 3.57. The molecule has 78 valence electrons. The van der Waals surface area contributed by atoms with Crippen molar-refractivity contribution < 1.29 is 0 Å². The standard InChI is InChI=1S/C11H7ClN4/c12-11-14-6-3-9(15-11)16-7-4-8-2-1-5-13-10(8)16/h1-7H. The maximum Gasteiger partial charge on any atom is 0.224 e. The highest BCUT2D eigenvalue weighted by molar-refractivity contribution is 6.28. The minimum absolute atomic E-state index is 0.232. The monoisotopic (exact) mass is 230 g/mol. The van der Waals surface area contributed by atoms with Crippen LogP contribution in [-0.2, 0) is 0 Å². The van der Waals surface area contributed by atoms with Gasteiger partial charge in [0.2, 0.25) is 5.28 Å². The molecule has 16 heavy (non-hydrogen) atoms. The minimum Gasteiger partial charge on any atom is -0.285 e. The number of nitrogens with zero attached hydrogens (tertiary/aromatic N) is 4. The van der Waals surface area contributed by atoms with Crippen molar-refractivity contribution in [1.82, 2.24) is 19.5 Å². The van der Waals surface area contributed by atoms with Gasteiger partial charge in [0, 0.05) is 24.0 Å². The molecule has 3 heterocycles. The summed E-state index contributed by atoms with van der Waals surface area (Å²) < 4.78 is 1.88. The average Bonchev–Trinajstić information content (AvgIpc) is 2.72. The van der Waals surface area contributed by atoms with Gasteiger partial charge >= 0.3 is 0 Å². The highest BCUT2D eigenvalue weighted by atomic mass is 35.5. The summed E-state index contributed by atoms with van der Waals surface area (Å²) in [5.41, 5.74) is 0.859. The van der Waals surface area contributed by atoms with E-state index in [-0.39, 0.29) is 5.28 Å². The number of rotatable bonds is 1. The molecule has 0 radical (unpaired) electrons. The van der Waals surface area contributed by atoms with Gasteiger partial charge in [0.15, 0.2) is 0 Å². The Balaban J connectivity index is 2.26. The van der Waals surface area contributed by atoms with E-state index in [9.17, 15) is 0 Å². The third kappa shape index (κ3) is 1.44. The topological polar surface area (TPSA) is 43.6 Å². The molecular weight excluding hydrogens is 224 g/mol. The van der Waals surface area contributed by atoms with Gasteiger partial charge in [0.1, 0.15) is 11.5 Å². The Kier molecular flexibility index (Phi) is 2.08. The minimum atomic E-state index is 0.232. The summed E-state index contributed by atoms with van der Waals surface area (Å²) in [6, 6.07) is 7.68. The predicted molar refractivity (Wildman–Crippen MR) is 61.7 cm³/mol. The van der Waals surface area contributed by atoms with E-state index in [2.05, 4.69) is 15.0 Å². The maximum atomic E-state index is 5.76. The van der Waals surface area contributed by atoms with E-state index < -0.39 is 0 Å². The fourth-order valence-corrected chi connectivity index (χ4v) is 1.75. The summed E-state index contributed by atoms with van der Waals surface area (Å²) in [5, 5.41) is 1.30. The summed E-state index contributed by atoms with van der Waals surface area (Å²) in [5.74, 6) is 0.716. The molecule has 0 fully saturated rings. The summed E-state index contributed by atoms with van der Waals surface area (Å²) >= 11 is 5.76. The van der Waals surface area contributed by atoms with Crippen LogP contribution in [-0.4, -0.2) is 19.5 Å². The lowest BCUT2D eigenvalue weighted by molar-refractivity contribution is 0.996. The van der Waals surface area contributed by atoms with E-state index in [0.717, 1.165) is 11.0 Å². The zero-order valence-corrected chi connectivity index (χ0v) is 8.96.